The van der Waals surface area contributed by atoms with Gasteiger partial charge in [-0.05, 0) is 58.9 Å². The Kier molecular flexibility index (Phi) is 6.58. The molecule has 1 aliphatic rings. The Morgan fingerprint density at radius 2 is 1.64 bits per heavy atom. The fourth-order valence-electron chi connectivity index (χ4n) is 4.31. The van der Waals surface area contributed by atoms with Crippen molar-refractivity contribution in [1.82, 2.24) is 5.32 Å². The van der Waals surface area contributed by atoms with Crippen molar-refractivity contribution in [2.24, 2.45) is 0 Å². The number of aromatic hydroxyl groups is 1. The number of alkyl carbamates (subject to hydrolysis) is 1. The third-order valence-electron chi connectivity index (χ3n) is 5.88. The van der Waals surface area contributed by atoms with Crippen molar-refractivity contribution in [1.29, 1.82) is 0 Å². The standard InChI is InChI=1S/C26H24FNO5/c27-17-9-11-24(29)16(13-17)14-18(10-12-25(30)31)28-26(32)33-15-23-21-7-3-1-5-19(21)20-6-2-4-8-22(20)23/h1-9,11,13,18,23,29H,10,12,14-15H2,(H,28,32)(H,30,31). The molecule has 4 rings (SSSR count). The topological polar surface area (TPSA) is 95.9 Å². The first-order valence-corrected chi connectivity index (χ1v) is 10.7. The van der Waals surface area contributed by atoms with Crippen LogP contribution in [0.1, 0.15) is 35.4 Å². The van der Waals surface area contributed by atoms with Gasteiger partial charge in [0.1, 0.15) is 18.2 Å². The molecule has 6 nitrogen and oxygen atoms in total. The smallest absolute Gasteiger partial charge is 0.407 e. The van der Waals surface area contributed by atoms with Crippen LogP contribution in [-0.4, -0.2) is 34.9 Å². The highest BCUT2D eigenvalue weighted by Gasteiger charge is 2.29. The average Bonchev–Trinajstić information content (AvgIpc) is 3.12. The van der Waals surface area contributed by atoms with Gasteiger partial charge in [-0.1, -0.05) is 48.5 Å². The van der Waals surface area contributed by atoms with Crippen LogP contribution in [0.3, 0.4) is 0 Å². The first-order valence-electron chi connectivity index (χ1n) is 10.7. The summed E-state index contributed by atoms with van der Waals surface area (Å²) in [6, 6.07) is 18.8. The number of carboxylic acid groups (broad SMARTS) is 1. The molecule has 0 bridgehead atoms. The molecule has 1 amide bonds. The molecule has 0 aromatic heterocycles. The van der Waals surface area contributed by atoms with Crippen LogP contribution in [0.25, 0.3) is 11.1 Å². The van der Waals surface area contributed by atoms with Crippen molar-refractivity contribution < 1.29 is 28.9 Å². The van der Waals surface area contributed by atoms with Crippen LogP contribution in [0.2, 0.25) is 0 Å². The van der Waals surface area contributed by atoms with E-state index >= 15 is 0 Å². The van der Waals surface area contributed by atoms with E-state index in [2.05, 4.69) is 5.32 Å². The van der Waals surface area contributed by atoms with Crippen molar-refractivity contribution in [3.8, 4) is 16.9 Å². The molecule has 0 saturated heterocycles. The average molecular weight is 449 g/mol. The first kappa shape index (κ1) is 22.3. The predicted octanol–water partition coefficient (Wildman–Crippen LogP) is 4.85. The third-order valence-corrected chi connectivity index (χ3v) is 5.88. The van der Waals surface area contributed by atoms with Gasteiger partial charge in [0.2, 0.25) is 0 Å². The molecule has 7 heteroatoms. The van der Waals surface area contributed by atoms with E-state index in [0.717, 1.165) is 28.3 Å². The number of hydrogen-bond donors (Lipinski definition) is 3. The summed E-state index contributed by atoms with van der Waals surface area (Å²) in [5.74, 6) is -1.77. The molecule has 0 aliphatic heterocycles. The molecule has 170 valence electrons. The van der Waals surface area contributed by atoms with Gasteiger partial charge in [0.15, 0.2) is 0 Å². The summed E-state index contributed by atoms with van der Waals surface area (Å²) in [4.78, 5) is 23.6. The predicted molar refractivity (Wildman–Crippen MR) is 121 cm³/mol. The summed E-state index contributed by atoms with van der Waals surface area (Å²) in [6.07, 6.45) is -0.704. The van der Waals surface area contributed by atoms with E-state index in [1.807, 2.05) is 48.5 Å². The minimum atomic E-state index is -1.02. The SMILES string of the molecule is O=C(O)CCC(Cc1cc(F)ccc1O)NC(=O)OCC1c2ccccc2-c2ccccc21. The number of halogens is 1. The summed E-state index contributed by atoms with van der Waals surface area (Å²) in [5, 5.41) is 21.7. The van der Waals surface area contributed by atoms with Crippen LogP contribution in [-0.2, 0) is 16.0 Å². The van der Waals surface area contributed by atoms with Crippen LogP contribution in [0.5, 0.6) is 5.75 Å². The van der Waals surface area contributed by atoms with Gasteiger partial charge in [0.05, 0.1) is 0 Å². The normalized spacial score (nSPS) is 13.1. The lowest BCUT2D eigenvalue weighted by Crippen LogP contribution is -2.37. The molecule has 0 saturated carbocycles. The van der Waals surface area contributed by atoms with Crippen LogP contribution in [0.4, 0.5) is 9.18 Å². The summed E-state index contributed by atoms with van der Waals surface area (Å²) >= 11 is 0. The van der Waals surface area contributed by atoms with Crippen LogP contribution in [0.15, 0.2) is 66.7 Å². The molecule has 0 fully saturated rings. The number of carbonyl (C=O) groups excluding carboxylic acids is 1. The highest BCUT2D eigenvalue weighted by atomic mass is 19.1. The molecule has 0 radical (unpaired) electrons. The molecule has 0 spiro atoms. The number of nitrogens with one attached hydrogen (secondary N) is 1. The maximum atomic E-state index is 13.6. The van der Waals surface area contributed by atoms with Crippen LogP contribution < -0.4 is 5.32 Å². The lowest BCUT2D eigenvalue weighted by Gasteiger charge is -2.20. The number of carboxylic acids is 1. The quantitative estimate of drug-likeness (QED) is 0.457. The van der Waals surface area contributed by atoms with Crippen molar-refractivity contribution in [3.05, 3.63) is 89.2 Å². The zero-order chi connectivity index (χ0) is 23.4. The number of aliphatic carboxylic acids is 1. The fourth-order valence-corrected chi connectivity index (χ4v) is 4.31. The molecule has 0 heterocycles. The van der Waals surface area contributed by atoms with Crippen LogP contribution in [0, 0.1) is 5.82 Å². The van der Waals surface area contributed by atoms with Crippen LogP contribution >= 0.6 is 0 Å². The minimum absolute atomic E-state index is 0.0705. The van der Waals surface area contributed by atoms with E-state index in [-0.39, 0.29) is 43.1 Å². The van der Waals surface area contributed by atoms with Gasteiger partial charge in [-0.2, -0.15) is 0 Å². The van der Waals surface area contributed by atoms with E-state index in [1.54, 1.807) is 0 Å². The number of phenolic OH excluding ortho intramolecular Hbond substituents is 1. The second kappa shape index (κ2) is 9.73. The largest absolute Gasteiger partial charge is 0.508 e. The molecular formula is C26H24FNO5. The maximum Gasteiger partial charge on any atom is 0.407 e. The van der Waals surface area contributed by atoms with Gasteiger partial charge in [0.25, 0.3) is 0 Å². The van der Waals surface area contributed by atoms with Gasteiger partial charge in [-0.3, -0.25) is 4.79 Å². The van der Waals surface area contributed by atoms with E-state index in [9.17, 15) is 19.1 Å². The number of phenols is 1. The Labute approximate surface area is 190 Å². The molecular weight excluding hydrogens is 425 g/mol. The van der Waals surface area contributed by atoms with Gasteiger partial charge in [0, 0.05) is 18.4 Å². The highest BCUT2D eigenvalue weighted by molar-refractivity contribution is 5.79. The van der Waals surface area contributed by atoms with Crippen molar-refractivity contribution in [3.63, 3.8) is 0 Å². The molecule has 33 heavy (non-hydrogen) atoms. The number of amides is 1. The summed E-state index contributed by atoms with van der Waals surface area (Å²) in [6.45, 7) is 0.122. The lowest BCUT2D eigenvalue weighted by molar-refractivity contribution is -0.137. The minimum Gasteiger partial charge on any atom is -0.508 e. The second-order valence-electron chi connectivity index (χ2n) is 8.08. The fraction of sp³-hybridized carbons (Fsp3) is 0.231. The van der Waals surface area contributed by atoms with Gasteiger partial charge in [-0.25, -0.2) is 9.18 Å². The zero-order valence-electron chi connectivity index (χ0n) is 17.8. The summed E-state index contributed by atoms with van der Waals surface area (Å²) in [5.41, 5.74) is 4.67. The van der Waals surface area contributed by atoms with Crippen molar-refractivity contribution in [2.75, 3.05) is 6.61 Å². The van der Waals surface area contributed by atoms with E-state index in [4.69, 9.17) is 9.84 Å². The molecule has 3 N–H and O–H groups in total. The number of benzene rings is 3. The first-order chi connectivity index (χ1) is 15.9. The Morgan fingerprint density at radius 1 is 1.00 bits per heavy atom. The number of fused-ring (bicyclic) bond motifs is 3. The van der Waals surface area contributed by atoms with E-state index in [1.165, 1.54) is 12.1 Å². The second-order valence-corrected chi connectivity index (χ2v) is 8.08. The number of carbonyl (C=O) groups is 2. The maximum absolute atomic E-state index is 13.6. The Balaban J connectivity index is 1.44. The molecule has 3 aromatic carbocycles. The number of rotatable bonds is 8. The Bertz CT molecular complexity index is 1130. The van der Waals surface area contributed by atoms with Gasteiger partial charge < -0.3 is 20.3 Å². The molecule has 1 unspecified atom stereocenters. The van der Waals surface area contributed by atoms with E-state index < -0.39 is 23.9 Å². The monoisotopic (exact) mass is 449 g/mol. The molecule has 3 aromatic rings. The summed E-state index contributed by atoms with van der Waals surface area (Å²) < 4.78 is 19.1. The highest BCUT2D eigenvalue weighted by Crippen LogP contribution is 2.44. The lowest BCUT2D eigenvalue weighted by atomic mass is 9.98. The van der Waals surface area contributed by atoms with Crippen molar-refractivity contribution in [2.45, 2.75) is 31.2 Å². The van der Waals surface area contributed by atoms with Gasteiger partial charge in [-0.15, -0.1) is 0 Å². The number of ether oxygens (including phenoxy) is 1. The summed E-state index contributed by atoms with van der Waals surface area (Å²) in [7, 11) is 0. The Morgan fingerprint density at radius 3 is 2.27 bits per heavy atom. The Hall–Kier alpha value is -3.87. The van der Waals surface area contributed by atoms with Crippen molar-refractivity contribution >= 4 is 12.1 Å². The molecule has 1 aliphatic carbocycles. The molecule has 1 atom stereocenters. The third kappa shape index (κ3) is 5.14. The van der Waals surface area contributed by atoms with E-state index in [0.29, 0.717) is 0 Å². The zero-order valence-corrected chi connectivity index (χ0v) is 17.8. The number of hydrogen-bond acceptors (Lipinski definition) is 4. The van der Waals surface area contributed by atoms with Gasteiger partial charge >= 0.3 is 12.1 Å².